The lowest BCUT2D eigenvalue weighted by Gasteiger charge is -2.12. The molecular weight excluding hydrogens is 362 g/mol. The van der Waals surface area contributed by atoms with Gasteiger partial charge in [-0.2, -0.15) is 4.98 Å². The smallest absolute Gasteiger partial charge is 0.226 e. The third-order valence-corrected chi connectivity index (χ3v) is 7.33. The first-order valence-corrected chi connectivity index (χ1v) is 10.6. The molecule has 1 aromatic carbocycles. The van der Waals surface area contributed by atoms with Crippen LogP contribution in [0.15, 0.2) is 48.7 Å². The van der Waals surface area contributed by atoms with Crippen molar-refractivity contribution in [3.63, 3.8) is 0 Å². The Morgan fingerprint density at radius 3 is 2.42 bits per heavy atom. The number of hydrogen-bond donors (Lipinski definition) is 0. The van der Waals surface area contributed by atoms with Crippen LogP contribution in [0, 0.1) is 13.8 Å². The zero-order valence-corrected chi connectivity index (χ0v) is 16.3. The van der Waals surface area contributed by atoms with E-state index >= 15 is 0 Å². The minimum atomic E-state index is 0.544. The number of benzene rings is 1. The fourth-order valence-electron chi connectivity index (χ4n) is 2.67. The summed E-state index contributed by atoms with van der Waals surface area (Å²) >= 11 is 4.01. The zero-order chi connectivity index (χ0) is 17.9. The van der Waals surface area contributed by atoms with Gasteiger partial charge in [0.1, 0.15) is 11.4 Å². The predicted molar refractivity (Wildman–Crippen MR) is 109 cm³/mol. The van der Waals surface area contributed by atoms with Crippen LogP contribution in [0.4, 0.5) is 0 Å². The molecule has 0 unspecified atom stereocenters. The Morgan fingerprint density at radius 2 is 1.73 bits per heavy atom. The first-order valence-electron chi connectivity index (χ1n) is 8.48. The monoisotopic (exact) mass is 381 g/mol. The predicted octanol–water partition coefficient (Wildman–Crippen LogP) is 5.43. The summed E-state index contributed by atoms with van der Waals surface area (Å²) in [5.74, 6) is 4.40. The molecule has 0 bridgehead atoms. The van der Waals surface area contributed by atoms with Gasteiger partial charge in [-0.1, -0.05) is 18.2 Å². The summed E-state index contributed by atoms with van der Waals surface area (Å²) in [7, 11) is 0. The molecule has 4 rings (SSSR count). The maximum absolute atomic E-state index is 6.08. The Labute approximate surface area is 161 Å². The van der Waals surface area contributed by atoms with E-state index in [0.29, 0.717) is 16.3 Å². The highest BCUT2D eigenvalue weighted by molar-refractivity contribution is 8.19. The van der Waals surface area contributed by atoms with Gasteiger partial charge in [0.25, 0.3) is 0 Å². The third kappa shape index (κ3) is 3.71. The van der Waals surface area contributed by atoms with Gasteiger partial charge >= 0.3 is 0 Å². The lowest BCUT2D eigenvalue weighted by Crippen LogP contribution is -2.01. The van der Waals surface area contributed by atoms with Crippen LogP contribution >= 0.6 is 23.5 Å². The molecule has 2 aromatic heterocycles. The average Bonchev–Trinajstić information content (AvgIpc) is 3.21. The quantitative estimate of drug-likeness (QED) is 0.601. The summed E-state index contributed by atoms with van der Waals surface area (Å²) in [6.07, 6.45) is 1.74. The second-order valence-corrected chi connectivity index (χ2v) is 8.75. The van der Waals surface area contributed by atoms with E-state index in [1.54, 1.807) is 6.20 Å². The number of ether oxygens (including phenoxy) is 1. The van der Waals surface area contributed by atoms with E-state index in [1.807, 2.05) is 67.7 Å². The molecule has 1 aliphatic heterocycles. The van der Waals surface area contributed by atoms with Gasteiger partial charge in [-0.05, 0) is 43.7 Å². The number of aromatic nitrogens is 3. The molecule has 1 saturated heterocycles. The van der Waals surface area contributed by atoms with Gasteiger partial charge in [0.2, 0.25) is 5.88 Å². The number of hydrogen-bond acceptors (Lipinski definition) is 6. The molecule has 0 radical (unpaired) electrons. The molecule has 1 aliphatic rings. The SMILES string of the molecule is Cc1nc(-c2ccccn2)nc(Oc2ccc(C3SCCS3)cc2)c1C. The molecule has 3 heterocycles. The van der Waals surface area contributed by atoms with Crippen LogP contribution in [-0.4, -0.2) is 26.5 Å². The Morgan fingerprint density at radius 1 is 0.962 bits per heavy atom. The largest absolute Gasteiger partial charge is 0.439 e. The number of nitrogens with zero attached hydrogens (tertiary/aromatic N) is 3. The fourth-order valence-corrected chi connectivity index (χ4v) is 5.53. The van der Waals surface area contributed by atoms with Crippen LogP contribution in [0.5, 0.6) is 11.6 Å². The van der Waals surface area contributed by atoms with E-state index in [9.17, 15) is 0 Å². The molecule has 0 amide bonds. The highest BCUT2D eigenvalue weighted by Gasteiger charge is 2.18. The van der Waals surface area contributed by atoms with Gasteiger partial charge in [-0.3, -0.25) is 4.98 Å². The molecule has 0 N–H and O–H groups in total. The van der Waals surface area contributed by atoms with E-state index in [0.717, 1.165) is 22.7 Å². The third-order valence-electron chi connectivity index (χ3n) is 4.23. The summed E-state index contributed by atoms with van der Waals surface area (Å²) in [6.45, 7) is 3.95. The summed E-state index contributed by atoms with van der Waals surface area (Å²) < 4.78 is 6.62. The van der Waals surface area contributed by atoms with Gasteiger partial charge in [-0.25, -0.2) is 4.98 Å². The van der Waals surface area contributed by atoms with E-state index in [-0.39, 0.29) is 0 Å². The standard InChI is InChI=1S/C20H19N3OS2/c1-13-14(2)22-18(17-5-3-4-10-21-17)23-19(13)24-16-8-6-15(7-9-16)20-25-11-12-26-20/h3-10,20H,11-12H2,1-2H3. The van der Waals surface area contributed by atoms with E-state index in [4.69, 9.17) is 4.74 Å². The summed E-state index contributed by atoms with van der Waals surface area (Å²) in [6, 6.07) is 14.0. The Kier molecular flexibility index (Phi) is 5.13. The summed E-state index contributed by atoms with van der Waals surface area (Å²) in [5, 5.41) is 0. The lowest BCUT2D eigenvalue weighted by molar-refractivity contribution is 0.457. The fraction of sp³-hybridized carbons (Fsp3) is 0.250. The average molecular weight is 382 g/mol. The Balaban J connectivity index is 1.60. The van der Waals surface area contributed by atoms with Gasteiger partial charge in [-0.15, -0.1) is 23.5 Å². The minimum Gasteiger partial charge on any atom is -0.439 e. The Hall–Kier alpha value is -2.05. The van der Waals surface area contributed by atoms with Crippen molar-refractivity contribution in [3.8, 4) is 23.1 Å². The Bertz CT molecular complexity index is 895. The molecule has 4 nitrogen and oxygen atoms in total. The van der Waals surface area contributed by atoms with Crippen molar-refractivity contribution in [2.75, 3.05) is 11.5 Å². The number of aryl methyl sites for hydroxylation is 1. The van der Waals surface area contributed by atoms with E-state index < -0.39 is 0 Å². The minimum absolute atomic E-state index is 0.544. The molecule has 6 heteroatoms. The van der Waals surface area contributed by atoms with Gasteiger partial charge in [0.05, 0.1) is 4.58 Å². The maximum atomic E-state index is 6.08. The van der Waals surface area contributed by atoms with Gasteiger partial charge in [0.15, 0.2) is 5.82 Å². The first-order chi connectivity index (χ1) is 12.7. The second-order valence-electron chi connectivity index (χ2n) is 6.02. The molecule has 0 aliphatic carbocycles. The van der Waals surface area contributed by atoms with Crippen molar-refractivity contribution in [2.24, 2.45) is 0 Å². The first kappa shape index (κ1) is 17.4. The zero-order valence-electron chi connectivity index (χ0n) is 14.7. The molecule has 0 saturated carbocycles. The normalized spacial score (nSPS) is 14.5. The molecular formula is C20H19N3OS2. The van der Waals surface area contributed by atoms with Crippen LogP contribution in [0.25, 0.3) is 11.5 Å². The molecule has 1 fully saturated rings. The maximum Gasteiger partial charge on any atom is 0.226 e. The number of thioether (sulfide) groups is 2. The van der Waals surface area contributed by atoms with Gasteiger partial charge < -0.3 is 4.74 Å². The molecule has 0 atom stereocenters. The van der Waals surface area contributed by atoms with Gasteiger partial charge in [0, 0.05) is 29.0 Å². The summed E-state index contributed by atoms with van der Waals surface area (Å²) in [5.41, 5.74) is 3.92. The van der Waals surface area contributed by atoms with Crippen molar-refractivity contribution in [2.45, 2.75) is 18.4 Å². The highest BCUT2D eigenvalue weighted by atomic mass is 32.2. The second kappa shape index (κ2) is 7.68. The lowest BCUT2D eigenvalue weighted by atomic mass is 10.2. The van der Waals surface area contributed by atoms with Crippen LogP contribution in [0.2, 0.25) is 0 Å². The molecule has 0 spiro atoms. The summed E-state index contributed by atoms with van der Waals surface area (Å²) in [4.78, 5) is 13.5. The molecule has 3 aromatic rings. The van der Waals surface area contributed by atoms with Crippen molar-refractivity contribution in [1.29, 1.82) is 0 Å². The van der Waals surface area contributed by atoms with Crippen molar-refractivity contribution in [3.05, 3.63) is 65.5 Å². The number of pyridine rings is 1. The van der Waals surface area contributed by atoms with Crippen LogP contribution in [0.3, 0.4) is 0 Å². The van der Waals surface area contributed by atoms with Crippen molar-refractivity contribution >= 4 is 23.5 Å². The number of rotatable bonds is 4. The van der Waals surface area contributed by atoms with Crippen LogP contribution < -0.4 is 4.74 Å². The highest BCUT2D eigenvalue weighted by Crippen LogP contribution is 2.45. The van der Waals surface area contributed by atoms with Crippen LogP contribution in [-0.2, 0) is 0 Å². The van der Waals surface area contributed by atoms with E-state index in [1.165, 1.54) is 17.1 Å². The molecule has 26 heavy (non-hydrogen) atoms. The van der Waals surface area contributed by atoms with E-state index in [2.05, 4.69) is 27.1 Å². The topological polar surface area (TPSA) is 47.9 Å². The van der Waals surface area contributed by atoms with Crippen LogP contribution in [0.1, 0.15) is 21.4 Å². The van der Waals surface area contributed by atoms with Crippen molar-refractivity contribution in [1.82, 2.24) is 15.0 Å². The molecule has 132 valence electrons. The van der Waals surface area contributed by atoms with Crippen molar-refractivity contribution < 1.29 is 4.74 Å².